The van der Waals surface area contributed by atoms with Crippen LogP contribution in [0.15, 0.2) is 40.1 Å². The Labute approximate surface area is 159 Å². The van der Waals surface area contributed by atoms with Crippen LogP contribution in [-0.4, -0.2) is 35.9 Å². The van der Waals surface area contributed by atoms with Gasteiger partial charge in [-0.05, 0) is 43.1 Å². The third-order valence-electron chi connectivity index (χ3n) is 4.07. The number of rotatable bonds is 8. The van der Waals surface area contributed by atoms with Crippen molar-refractivity contribution >= 4 is 11.3 Å². The van der Waals surface area contributed by atoms with E-state index in [1.807, 2.05) is 36.4 Å². The molecule has 1 aromatic carbocycles. The van der Waals surface area contributed by atoms with Crippen LogP contribution in [0.1, 0.15) is 24.4 Å². The van der Waals surface area contributed by atoms with E-state index in [1.54, 1.807) is 12.1 Å². The van der Waals surface area contributed by atoms with Gasteiger partial charge >= 0.3 is 6.61 Å². The zero-order valence-corrected chi connectivity index (χ0v) is 15.9. The number of aromatic nitrogens is 2. The van der Waals surface area contributed by atoms with Crippen LogP contribution in [0.25, 0.3) is 10.8 Å². The number of halogens is 2. The molecule has 3 rings (SSSR count). The Hall–Kier alpha value is -2.52. The molecule has 0 amide bonds. The molecule has 1 atom stereocenters. The Bertz CT molecular complexity index is 871. The molecular formula is C18H19F2N3O3S. The summed E-state index contributed by atoms with van der Waals surface area (Å²) < 4.78 is 40.2. The average molecular weight is 395 g/mol. The Morgan fingerprint density at radius 2 is 2.04 bits per heavy atom. The van der Waals surface area contributed by atoms with Gasteiger partial charge in [0.05, 0.1) is 18.0 Å². The number of hydrogen-bond donors (Lipinski definition) is 0. The molecule has 144 valence electrons. The molecule has 9 heteroatoms. The summed E-state index contributed by atoms with van der Waals surface area (Å²) in [6.45, 7) is -0.414. The highest BCUT2D eigenvalue weighted by molar-refractivity contribution is 7.13. The summed E-state index contributed by atoms with van der Waals surface area (Å²) in [5.41, 5.74) is 0.876. The molecular weight excluding hydrogens is 376 g/mol. The van der Waals surface area contributed by atoms with E-state index in [0.717, 1.165) is 10.4 Å². The van der Waals surface area contributed by atoms with Gasteiger partial charge < -0.3 is 13.9 Å². The number of benzene rings is 1. The SMILES string of the molecule is COc1cc(CN(C)[C@H](C)c2nnc(-c3cccs3)o2)ccc1OC(F)F. The van der Waals surface area contributed by atoms with Crippen molar-refractivity contribution in [3.8, 4) is 22.3 Å². The molecule has 0 radical (unpaired) electrons. The molecule has 0 saturated carbocycles. The van der Waals surface area contributed by atoms with E-state index in [-0.39, 0.29) is 17.5 Å². The Kier molecular flexibility index (Phi) is 6.02. The van der Waals surface area contributed by atoms with Crippen molar-refractivity contribution in [3.63, 3.8) is 0 Å². The summed E-state index contributed by atoms with van der Waals surface area (Å²) in [5, 5.41) is 10.2. The Morgan fingerprint density at radius 3 is 2.70 bits per heavy atom. The van der Waals surface area contributed by atoms with Crippen LogP contribution >= 0.6 is 11.3 Å². The first-order valence-electron chi connectivity index (χ1n) is 8.17. The minimum Gasteiger partial charge on any atom is -0.493 e. The standard InChI is InChI=1S/C18H19F2N3O3S/c1-11(16-21-22-17(26-16)15-5-4-8-27-15)23(2)10-12-6-7-13(25-18(19)20)14(9-12)24-3/h4-9,11,18H,10H2,1-3H3/t11-/m1/s1. The summed E-state index contributed by atoms with van der Waals surface area (Å²) in [7, 11) is 3.32. The lowest BCUT2D eigenvalue weighted by Crippen LogP contribution is -2.22. The molecule has 0 fully saturated rings. The highest BCUT2D eigenvalue weighted by Gasteiger charge is 2.20. The molecule has 3 aromatic rings. The molecule has 0 N–H and O–H groups in total. The third kappa shape index (κ3) is 4.61. The number of alkyl halides is 2. The maximum Gasteiger partial charge on any atom is 0.387 e. The lowest BCUT2D eigenvalue weighted by Gasteiger charge is -2.22. The molecule has 0 saturated heterocycles. The van der Waals surface area contributed by atoms with Crippen molar-refractivity contribution in [3.05, 3.63) is 47.2 Å². The van der Waals surface area contributed by atoms with E-state index in [9.17, 15) is 8.78 Å². The minimum absolute atomic E-state index is 0.00411. The molecule has 2 heterocycles. The quantitative estimate of drug-likeness (QED) is 0.555. The van der Waals surface area contributed by atoms with Crippen LogP contribution < -0.4 is 9.47 Å². The maximum absolute atomic E-state index is 12.4. The minimum atomic E-state index is -2.90. The van der Waals surface area contributed by atoms with Gasteiger partial charge in [-0.3, -0.25) is 4.90 Å². The van der Waals surface area contributed by atoms with Gasteiger partial charge in [0.15, 0.2) is 11.5 Å². The van der Waals surface area contributed by atoms with Crippen molar-refractivity contribution < 1.29 is 22.7 Å². The summed E-state index contributed by atoms with van der Waals surface area (Å²) in [4.78, 5) is 2.93. The van der Waals surface area contributed by atoms with Crippen LogP contribution in [0.5, 0.6) is 11.5 Å². The van der Waals surface area contributed by atoms with Crippen LogP contribution in [0, 0.1) is 0 Å². The summed E-state index contributed by atoms with van der Waals surface area (Å²) in [5.74, 6) is 1.26. The van der Waals surface area contributed by atoms with E-state index in [1.165, 1.54) is 24.5 Å². The number of thiophene rings is 1. The van der Waals surface area contributed by atoms with Gasteiger partial charge in [-0.15, -0.1) is 21.5 Å². The normalized spacial score (nSPS) is 12.6. The van der Waals surface area contributed by atoms with Crippen molar-refractivity contribution in [1.82, 2.24) is 15.1 Å². The second kappa shape index (κ2) is 8.45. The van der Waals surface area contributed by atoms with Crippen LogP contribution in [0.2, 0.25) is 0 Å². The first-order valence-corrected chi connectivity index (χ1v) is 9.05. The molecule has 2 aromatic heterocycles. The largest absolute Gasteiger partial charge is 0.493 e. The van der Waals surface area contributed by atoms with E-state index >= 15 is 0 Å². The zero-order chi connectivity index (χ0) is 19.4. The lowest BCUT2D eigenvalue weighted by atomic mass is 10.1. The fraction of sp³-hybridized carbons (Fsp3) is 0.333. The van der Waals surface area contributed by atoms with Gasteiger partial charge in [0.2, 0.25) is 5.89 Å². The summed E-state index contributed by atoms with van der Waals surface area (Å²) in [6.07, 6.45) is 0. The Balaban J connectivity index is 1.70. The molecule has 0 aliphatic rings. The van der Waals surface area contributed by atoms with Gasteiger partial charge in [-0.2, -0.15) is 8.78 Å². The number of nitrogens with zero attached hydrogens (tertiary/aromatic N) is 3. The molecule has 0 spiro atoms. The third-order valence-corrected chi connectivity index (χ3v) is 4.93. The predicted octanol–water partition coefficient (Wildman–Crippen LogP) is 4.60. The van der Waals surface area contributed by atoms with E-state index in [2.05, 4.69) is 14.9 Å². The molecule has 6 nitrogen and oxygen atoms in total. The monoisotopic (exact) mass is 395 g/mol. The molecule has 0 aliphatic heterocycles. The molecule has 0 bridgehead atoms. The highest BCUT2D eigenvalue weighted by Crippen LogP contribution is 2.31. The van der Waals surface area contributed by atoms with Crippen LogP contribution in [0.3, 0.4) is 0 Å². The smallest absolute Gasteiger partial charge is 0.387 e. The zero-order valence-electron chi connectivity index (χ0n) is 15.1. The second-order valence-electron chi connectivity index (χ2n) is 5.88. The number of hydrogen-bond acceptors (Lipinski definition) is 7. The summed E-state index contributed by atoms with van der Waals surface area (Å²) >= 11 is 1.53. The van der Waals surface area contributed by atoms with Crippen molar-refractivity contribution in [2.24, 2.45) is 0 Å². The van der Waals surface area contributed by atoms with Gasteiger partial charge in [0.25, 0.3) is 5.89 Å². The molecule has 27 heavy (non-hydrogen) atoms. The van der Waals surface area contributed by atoms with Crippen LogP contribution in [0.4, 0.5) is 8.78 Å². The van der Waals surface area contributed by atoms with Gasteiger partial charge in [-0.1, -0.05) is 12.1 Å². The van der Waals surface area contributed by atoms with Gasteiger partial charge in [-0.25, -0.2) is 0 Å². The highest BCUT2D eigenvalue weighted by atomic mass is 32.1. The first-order chi connectivity index (χ1) is 13.0. The average Bonchev–Trinajstić information content (AvgIpc) is 3.33. The number of methoxy groups -OCH3 is 1. The first kappa shape index (κ1) is 19.2. The van der Waals surface area contributed by atoms with E-state index in [0.29, 0.717) is 18.3 Å². The molecule has 0 aliphatic carbocycles. The lowest BCUT2D eigenvalue weighted by molar-refractivity contribution is -0.0512. The van der Waals surface area contributed by atoms with Gasteiger partial charge in [0, 0.05) is 6.54 Å². The Morgan fingerprint density at radius 1 is 1.22 bits per heavy atom. The van der Waals surface area contributed by atoms with Crippen molar-refractivity contribution in [1.29, 1.82) is 0 Å². The maximum atomic E-state index is 12.4. The predicted molar refractivity (Wildman–Crippen MR) is 97.1 cm³/mol. The van der Waals surface area contributed by atoms with Crippen molar-refractivity contribution in [2.45, 2.75) is 26.1 Å². The number of ether oxygens (including phenoxy) is 2. The van der Waals surface area contributed by atoms with E-state index in [4.69, 9.17) is 9.15 Å². The van der Waals surface area contributed by atoms with Gasteiger partial charge in [0.1, 0.15) is 0 Å². The fourth-order valence-electron chi connectivity index (χ4n) is 2.52. The molecule has 0 unspecified atom stereocenters. The van der Waals surface area contributed by atoms with Crippen LogP contribution in [-0.2, 0) is 6.54 Å². The van der Waals surface area contributed by atoms with Crippen molar-refractivity contribution in [2.75, 3.05) is 14.2 Å². The summed E-state index contributed by atoms with van der Waals surface area (Å²) in [6, 6.07) is 8.58. The van der Waals surface area contributed by atoms with E-state index < -0.39 is 6.61 Å². The topological polar surface area (TPSA) is 60.6 Å². The second-order valence-corrected chi connectivity index (χ2v) is 6.83. The fourth-order valence-corrected chi connectivity index (χ4v) is 3.16.